The maximum absolute atomic E-state index is 13.6. The molecule has 0 unspecified atom stereocenters. The second-order valence-electron chi connectivity index (χ2n) is 8.66. The molecule has 2 heterocycles. The van der Waals surface area contributed by atoms with Crippen molar-refractivity contribution in [2.75, 3.05) is 50.6 Å². The van der Waals surface area contributed by atoms with E-state index in [0.717, 1.165) is 5.69 Å². The van der Waals surface area contributed by atoms with E-state index < -0.39 is 5.54 Å². The molecule has 2 saturated heterocycles. The normalized spacial score (nSPS) is 17.4. The molecule has 0 bridgehead atoms. The van der Waals surface area contributed by atoms with Crippen molar-refractivity contribution >= 4 is 29.2 Å². The van der Waals surface area contributed by atoms with E-state index in [2.05, 4.69) is 10.2 Å². The summed E-state index contributed by atoms with van der Waals surface area (Å²) < 4.78 is 13.1. The number of anilines is 2. The molecule has 2 fully saturated rings. The monoisotopic (exact) mass is 453 g/mol. The Kier molecular flexibility index (Phi) is 6.22. The molecule has 4 rings (SSSR count). The van der Waals surface area contributed by atoms with Crippen molar-refractivity contribution < 1.29 is 18.8 Å². The van der Waals surface area contributed by atoms with E-state index in [1.54, 1.807) is 23.9 Å². The van der Waals surface area contributed by atoms with Crippen LogP contribution < -0.4 is 10.2 Å². The molecule has 2 aliphatic heterocycles. The molecule has 9 heteroatoms. The lowest BCUT2D eigenvalue weighted by molar-refractivity contribution is -0.136. The molecule has 0 aliphatic carbocycles. The number of urea groups is 1. The highest BCUT2D eigenvalue weighted by molar-refractivity contribution is 5.99. The van der Waals surface area contributed by atoms with E-state index in [0.29, 0.717) is 31.6 Å². The highest BCUT2D eigenvalue weighted by Gasteiger charge is 2.54. The smallest absolute Gasteiger partial charge is 0.319 e. The third-order valence-corrected chi connectivity index (χ3v) is 6.29. The second kappa shape index (κ2) is 9.09. The third kappa shape index (κ3) is 4.48. The van der Waals surface area contributed by atoms with E-state index in [1.807, 2.05) is 30.3 Å². The first-order valence-electron chi connectivity index (χ1n) is 10.9. The minimum Gasteiger partial charge on any atom is -0.339 e. The summed E-state index contributed by atoms with van der Waals surface area (Å²) in [6, 6.07) is 15.1. The first-order chi connectivity index (χ1) is 15.8. The highest BCUT2D eigenvalue weighted by atomic mass is 19.1. The van der Waals surface area contributed by atoms with Crippen LogP contribution in [0.3, 0.4) is 0 Å². The molecule has 174 valence electrons. The Labute approximate surface area is 192 Å². The largest absolute Gasteiger partial charge is 0.339 e. The van der Waals surface area contributed by atoms with Crippen LogP contribution in [-0.2, 0) is 9.59 Å². The number of likely N-dealkylation sites (tertiary alicyclic amines) is 1. The van der Waals surface area contributed by atoms with Crippen LogP contribution in [0.5, 0.6) is 0 Å². The fraction of sp³-hybridized carbons (Fsp3) is 0.375. The molecule has 2 aromatic carbocycles. The molecule has 33 heavy (non-hydrogen) atoms. The van der Waals surface area contributed by atoms with Gasteiger partial charge >= 0.3 is 6.03 Å². The molecule has 2 aromatic rings. The predicted octanol–water partition coefficient (Wildman–Crippen LogP) is 2.59. The molecular weight excluding hydrogens is 425 g/mol. The van der Waals surface area contributed by atoms with Crippen LogP contribution in [0.15, 0.2) is 54.6 Å². The van der Waals surface area contributed by atoms with Crippen LogP contribution in [-0.4, -0.2) is 78.5 Å². The van der Waals surface area contributed by atoms with Crippen molar-refractivity contribution in [2.24, 2.45) is 0 Å². The van der Waals surface area contributed by atoms with E-state index in [9.17, 15) is 18.8 Å². The minimum atomic E-state index is -0.805. The predicted molar refractivity (Wildman–Crippen MR) is 123 cm³/mol. The number of para-hydroxylation sites is 1. The number of amides is 4. The first-order valence-corrected chi connectivity index (χ1v) is 10.9. The number of rotatable bonds is 4. The quantitative estimate of drug-likeness (QED) is 0.772. The third-order valence-electron chi connectivity index (χ3n) is 6.29. The van der Waals surface area contributed by atoms with Crippen LogP contribution in [0, 0.1) is 5.82 Å². The highest BCUT2D eigenvalue weighted by Crippen LogP contribution is 2.39. The van der Waals surface area contributed by atoms with Gasteiger partial charge in [0.25, 0.3) is 5.91 Å². The Balaban J connectivity index is 1.52. The van der Waals surface area contributed by atoms with Crippen molar-refractivity contribution in [3.8, 4) is 0 Å². The number of hydrogen-bond donors (Lipinski definition) is 1. The van der Waals surface area contributed by atoms with Gasteiger partial charge in [-0.2, -0.15) is 0 Å². The van der Waals surface area contributed by atoms with E-state index in [-0.39, 0.29) is 36.9 Å². The number of hydrogen-bond acceptors (Lipinski definition) is 4. The lowest BCUT2D eigenvalue weighted by Gasteiger charge is -2.43. The maximum atomic E-state index is 13.6. The number of benzene rings is 2. The Hall–Kier alpha value is -3.62. The molecule has 1 spiro atoms. The van der Waals surface area contributed by atoms with Crippen molar-refractivity contribution in [3.63, 3.8) is 0 Å². The van der Waals surface area contributed by atoms with Gasteiger partial charge in [-0.1, -0.05) is 18.2 Å². The van der Waals surface area contributed by atoms with E-state index in [1.165, 1.54) is 29.2 Å². The Morgan fingerprint density at radius 1 is 1.03 bits per heavy atom. The maximum Gasteiger partial charge on any atom is 0.319 e. The summed E-state index contributed by atoms with van der Waals surface area (Å²) in [5.74, 6) is -0.847. The number of halogens is 1. The van der Waals surface area contributed by atoms with Crippen LogP contribution in [0.1, 0.15) is 12.8 Å². The van der Waals surface area contributed by atoms with Gasteiger partial charge in [-0.3, -0.25) is 9.59 Å². The van der Waals surface area contributed by atoms with E-state index >= 15 is 0 Å². The lowest BCUT2D eigenvalue weighted by atomic mass is 9.85. The van der Waals surface area contributed by atoms with Crippen LogP contribution >= 0.6 is 0 Å². The van der Waals surface area contributed by atoms with Crippen molar-refractivity contribution in [2.45, 2.75) is 18.4 Å². The number of carbonyl (C=O) groups excluding carboxylic acids is 3. The molecule has 8 nitrogen and oxygen atoms in total. The van der Waals surface area contributed by atoms with Gasteiger partial charge in [0.1, 0.15) is 17.9 Å². The summed E-state index contributed by atoms with van der Waals surface area (Å²) in [7, 11) is 3.43. The summed E-state index contributed by atoms with van der Waals surface area (Å²) in [5, 5.41) is 2.72. The van der Waals surface area contributed by atoms with Crippen LogP contribution in [0.25, 0.3) is 0 Å². The average molecular weight is 454 g/mol. The Morgan fingerprint density at radius 3 is 2.27 bits per heavy atom. The van der Waals surface area contributed by atoms with Crippen LogP contribution in [0.2, 0.25) is 0 Å². The molecule has 0 radical (unpaired) electrons. The molecule has 0 aromatic heterocycles. The van der Waals surface area contributed by atoms with Crippen LogP contribution in [0.4, 0.5) is 20.6 Å². The van der Waals surface area contributed by atoms with Crippen molar-refractivity contribution in [1.29, 1.82) is 0 Å². The van der Waals surface area contributed by atoms with Gasteiger partial charge < -0.3 is 24.9 Å². The van der Waals surface area contributed by atoms with Gasteiger partial charge in [0.15, 0.2) is 0 Å². The standard InChI is InChI=1S/C24H28FN5O3/c1-27(2)23(33)28-14-12-24(13-15-28)22(32)29(17-30(24)20-6-4-3-5-7-20)16-21(31)26-19-10-8-18(25)9-11-19/h3-11H,12-17H2,1-2H3,(H,26,31). The number of nitrogens with zero attached hydrogens (tertiary/aromatic N) is 4. The molecule has 2 aliphatic rings. The summed E-state index contributed by atoms with van der Waals surface area (Å²) in [5.41, 5.74) is 0.568. The zero-order chi connectivity index (χ0) is 23.6. The Morgan fingerprint density at radius 2 is 1.67 bits per heavy atom. The summed E-state index contributed by atoms with van der Waals surface area (Å²) in [6.45, 7) is 1.09. The zero-order valence-corrected chi connectivity index (χ0v) is 18.8. The van der Waals surface area contributed by atoms with Gasteiger partial charge in [-0.15, -0.1) is 0 Å². The molecule has 1 N–H and O–H groups in total. The fourth-order valence-electron chi connectivity index (χ4n) is 4.58. The van der Waals surface area contributed by atoms with E-state index in [4.69, 9.17) is 0 Å². The number of piperidine rings is 1. The van der Waals surface area contributed by atoms with Gasteiger partial charge in [0, 0.05) is 38.6 Å². The molecule has 0 saturated carbocycles. The number of nitrogens with one attached hydrogen (secondary N) is 1. The fourth-order valence-corrected chi connectivity index (χ4v) is 4.58. The SMILES string of the molecule is CN(C)C(=O)N1CCC2(CC1)C(=O)N(CC(=O)Nc1ccc(F)cc1)CN2c1ccccc1. The van der Waals surface area contributed by atoms with Crippen molar-refractivity contribution in [3.05, 3.63) is 60.4 Å². The Bertz CT molecular complexity index is 1020. The first kappa shape index (κ1) is 22.6. The topological polar surface area (TPSA) is 76.2 Å². The van der Waals surface area contributed by atoms with Gasteiger partial charge in [-0.05, 0) is 49.2 Å². The summed E-state index contributed by atoms with van der Waals surface area (Å²) in [6.07, 6.45) is 0.965. The molecule has 0 atom stereocenters. The molecular formula is C24H28FN5O3. The van der Waals surface area contributed by atoms with Gasteiger partial charge in [-0.25, -0.2) is 9.18 Å². The summed E-state index contributed by atoms with van der Waals surface area (Å²) in [4.78, 5) is 45.6. The zero-order valence-electron chi connectivity index (χ0n) is 18.8. The lowest BCUT2D eigenvalue weighted by Crippen LogP contribution is -2.58. The summed E-state index contributed by atoms with van der Waals surface area (Å²) >= 11 is 0. The van der Waals surface area contributed by atoms with Gasteiger partial charge in [0.05, 0.1) is 6.67 Å². The second-order valence-corrected chi connectivity index (χ2v) is 8.66. The number of carbonyl (C=O) groups is 3. The van der Waals surface area contributed by atoms with Gasteiger partial charge in [0.2, 0.25) is 5.91 Å². The minimum absolute atomic E-state index is 0.0721. The van der Waals surface area contributed by atoms with Crippen molar-refractivity contribution in [1.82, 2.24) is 14.7 Å². The average Bonchev–Trinajstić information content (AvgIpc) is 3.07. The molecule has 4 amide bonds.